The molecule has 2 N–H and O–H groups in total. The Bertz CT molecular complexity index is 536. The first kappa shape index (κ1) is 13.2. The lowest BCUT2D eigenvalue weighted by Gasteiger charge is -2.04. The molecule has 0 aliphatic heterocycles. The highest BCUT2D eigenvalue weighted by molar-refractivity contribution is 7.10. The molecule has 2 aromatic heterocycles. The fourth-order valence-corrected chi connectivity index (χ4v) is 2.13. The van der Waals surface area contributed by atoms with E-state index in [-0.39, 0.29) is 5.91 Å². The zero-order valence-electron chi connectivity index (χ0n) is 10.3. The van der Waals surface area contributed by atoms with E-state index in [0.717, 1.165) is 4.88 Å². The van der Waals surface area contributed by atoms with Crippen LogP contribution in [0.1, 0.15) is 4.88 Å². The molecule has 0 aliphatic rings. The Morgan fingerprint density at radius 1 is 1.32 bits per heavy atom. The van der Waals surface area contributed by atoms with Crippen molar-refractivity contribution in [1.82, 2.24) is 10.2 Å². The Balaban J connectivity index is 1.88. The van der Waals surface area contributed by atoms with E-state index in [4.69, 9.17) is 0 Å². The first-order chi connectivity index (χ1) is 9.28. The van der Waals surface area contributed by atoms with E-state index in [2.05, 4.69) is 27.4 Å². The lowest BCUT2D eigenvalue weighted by Crippen LogP contribution is -2.15. The highest BCUT2D eigenvalue weighted by Gasteiger charge is 2.06. The Morgan fingerprint density at radius 2 is 2.11 bits per heavy atom. The summed E-state index contributed by atoms with van der Waals surface area (Å²) in [4.78, 5) is 12.8. The second-order valence-corrected chi connectivity index (χ2v) is 4.81. The second-order valence-electron chi connectivity index (χ2n) is 3.78. The molecule has 1 amide bonds. The highest BCUT2D eigenvalue weighted by Crippen LogP contribution is 2.11. The summed E-state index contributed by atoms with van der Waals surface area (Å²) in [6.07, 6.45) is 2.09. The number of hydrogen-bond acceptors (Lipinski definition) is 5. The zero-order chi connectivity index (χ0) is 13.5. The van der Waals surface area contributed by atoms with Gasteiger partial charge in [-0.2, -0.15) is 0 Å². The third-order valence-corrected chi connectivity index (χ3v) is 3.15. The van der Waals surface area contributed by atoms with Crippen LogP contribution >= 0.6 is 11.3 Å². The zero-order valence-corrected chi connectivity index (χ0v) is 11.1. The highest BCUT2D eigenvalue weighted by atomic mass is 32.1. The molecule has 5 nitrogen and oxygen atoms in total. The molecule has 98 valence electrons. The van der Waals surface area contributed by atoms with Crippen molar-refractivity contribution < 1.29 is 4.79 Å². The third-order valence-electron chi connectivity index (χ3n) is 2.27. The minimum Gasteiger partial charge on any atom is -0.365 e. The van der Waals surface area contributed by atoms with Gasteiger partial charge in [-0.05, 0) is 23.6 Å². The van der Waals surface area contributed by atoms with Gasteiger partial charge < -0.3 is 10.6 Å². The van der Waals surface area contributed by atoms with E-state index in [1.165, 1.54) is 0 Å². The van der Waals surface area contributed by atoms with E-state index >= 15 is 0 Å². The average Bonchev–Trinajstić information content (AvgIpc) is 2.90. The number of nitrogens with one attached hydrogen (secondary N) is 2. The number of rotatable bonds is 6. The molecule has 0 saturated heterocycles. The van der Waals surface area contributed by atoms with Gasteiger partial charge >= 0.3 is 0 Å². The van der Waals surface area contributed by atoms with Crippen LogP contribution in [0.25, 0.3) is 0 Å². The molecule has 0 fully saturated rings. The van der Waals surface area contributed by atoms with Gasteiger partial charge in [0.25, 0.3) is 0 Å². The molecular weight excluding hydrogens is 260 g/mol. The first-order valence-electron chi connectivity index (χ1n) is 5.78. The smallest absolute Gasteiger partial charge is 0.230 e. The number of carbonyl (C=O) groups excluding carboxylic acids is 1. The van der Waals surface area contributed by atoms with E-state index in [0.29, 0.717) is 24.6 Å². The van der Waals surface area contributed by atoms with Crippen molar-refractivity contribution in [2.75, 3.05) is 17.2 Å². The fraction of sp³-hybridized carbons (Fsp3) is 0.154. The largest absolute Gasteiger partial charge is 0.365 e. The van der Waals surface area contributed by atoms with Crippen molar-refractivity contribution in [2.45, 2.75) is 6.42 Å². The molecule has 0 saturated carbocycles. The van der Waals surface area contributed by atoms with Crippen molar-refractivity contribution >= 4 is 28.9 Å². The van der Waals surface area contributed by atoms with Gasteiger partial charge in [0.1, 0.15) is 5.82 Å². The molecule has 0 unspecified atom stereocenters. The van der Waals surface area contributed by atoms with Gasteiger partial charge in [-0.25, -0.2) is 0 Å². The monoisotopic (exact) mass is 274 g/mol. The van der Waals surface area contributed by atoms with Gasteiger partial charge in [0.05, 0.1) is 6.42 Å². The Morgan fingerprint density at radius 3 is 2.74 bits per heavy atom. The molecule has 6 heteroatoms. The Hall–Kier alpha value is -2.21. The van der Waals surface area contributed by atoms with E-state index in [9.17, 15) is 4.79 Å². The summed E-state index contributed by atoms with van der Waals surface area (Å²) in [5, 5.41) is 15.5. The number of aromatic nitrogens is 2. The van der Waals surface area contributed by atoms with E-state index < -0.39 is 0 Å². The number of carbonyl (C=O) groups is 1. The van der Waals surface area contributed by atoms with Gasteiger partial charge in [0.15, 0.2) is 5.82 Å². The number of hydrogen-bond donors (Lipinski definition) is 2. The van der Waals surface area contributed by atoms with Crippen LogP contribution in [0.2, 0.25) is 0 Å². The van der Waals surface area contributed by atoms with Crippen molar-refractivity contribution in [3.05, 3.63) is 47.2 Å². The summed E-state index contributed by atoms with van der Waals surface area (Å²) in [7, 11) is 0. The van der Waals surface area contributed by atoms with Crippen molar-refractivity contribution in [1.29, 1.82) is 0 Å². The minimum absolute atomic E-state index is 0.0939. The third kappa shape index (κ3) is 4.18. The van der Waals surface area contributed by atoms with E-state index in [1.54, 1.807) is 29.5 Å². The quantitative estimate of drug-likeness (QED) is 0.793. The van der Waals surface area contributed by atoms with Gasteiger partial charge in [-0.3, -0.25) is 4.79 Å². The van der Waals surface area contributed by atoms with Crippen LogP contribution in [0.3, 0.4) is 0 Å². The van der Waals surface area contributed by atoms with Crippen molar-refractivity contribution in [2.24, 2.45) is 0 Å². The summed E-state index contributed by atoms with van der Waals surface area (Å²) in [5.41, 5.74) is 0. The molecule has 0 atom stereocenters. The molecule has 2 rings (SSSR count). The maximum Gasteiger partial charge on any atom is 0.230 e. The maximum absolute atomic E-state index is 11.7. The number of thiophene rings is 1. The van der Waals surface area contributed by atoms with Crippen molar-refractivity contribution in [3.8, 4) is 0 Å². The topological polar surface area (TPSA) is 66.9 Å². The lowest BCUT2D eigenvalue weighted by atomic mass is 10.3. The predicted octanol–water partition coefficient (Wildman–Crippen LogP) is 2.32. The van der Waals surface area contributed by atoms with Gasteiger partial charge in [0, 0.05) is 11.4 Å². The Kier molecular flexibility index (Phi) is 4.63. The molecule has 19 heavy (non-hydrogen) atoms. The molecule has 2 heterocycles. The van der Waals surface area contributed by atoms with Gasteiger partial charge in [-0.15, -0.1) is 28.1 Å². The SMILES string of the molecule is C=CCNc1ccc(NC(=O)Cc2cccs2)nn1. The predicted molar refractivity (Wildman–Crippen MR) is 77.4 cm³/mol. The van der Waals surface area contributed by atoms with Crippen LogP contribution in [-0.4, -0.2) is 22.6 Å². The molecule has 0 bridgehead atoms. The van der Waals surface area contributed by atoms with Gasteiger partial charge in [0.2, 0.25) is 5.91 Å². The molecule has 0 aromatic carbocycles. The minimum atomic E-state index is -0.0939. The van der Waals surface area contributed by atoms with Crippen LogP contribution in [-0.2, 0) is 11.2 Å². The molecular formula is C13H14N4OS. The summed E-state index contributed by atoms with van der Waals surface area (Å²) < 4.78 is 0. The van der Waals surface area contributed by atoms with Crippen LogP contribution in [0.5, 0.6) is 0 Å². The number of anilines is 2. The molecule has 0 aliphatic carbocycles. The second kappa shape index (κ2) is 6.65. The Labute approximate surface area is 115 Å². The fourth-order valence-electron chi connectivity index (χ4n) is 1.43. The maximum atomic E-state index is 11.7. The lowest BCUT2D eigenvalue weighted by molar-refractivity contribution is -0.115. The van der Waals surface area contributed by atoms with Crippen LogP contribution in [0.4, 0.5) is 11.6 Å². The van der Waals surface area contributed by atoms with Gasteiger partial charge in [-0.1, -0.05) is 12.1 Å². The van der Waals surface area contributed by atoms with E-state index in [1.807, 2.05) is 17.5 Å². The molecule has 0 spiro atoms. The average molecular weight is 274 g/mol. The summed E-state index contributed by atoms with van der Waals surface area (Å²) in [6, 6.07) is 7.33. The molecule has 2 aromatic rings. The standard InChI is InChI=1S/C13H14N4OS/c1-2-7-14-11-5-6-12(17-16-11)15-13(18)9-10-4-3-8-19-10/h2-6,8H,1,7,9H2,(H,14,16)(H,15,17,18). The van der Waals surface area contributed by atoms with Crippen molar-refractivity contribution in [3.63, 3.8) is 0 Å². The summed E-state index contributed by atoms with van der Waals surface area (Å²) >= 11 is 1.56. The number of nitrogens with zero attached hydrogens (tertiary/aromatic N) is 2. The van der Waals surface area contributed by atoms with Crippen LogP contribution < -0.4 is 10.6 Å². The van der Waals surface area contributed by atoms with Crippen LogP contribution in [0.15, 0.2) is 42.3 Å². The number of amides is 1. The van der Waals surface area contributed by atoms with Crippen LogP contribution in [0, 0.1) is 0 Å². The summed E-state index contributed by atoms with van der Waals surface area (Å²) in [6.45, 7) is 4.23. The first-order valence-corrected chi connectivity index (χ1v) is 6.66. The molecule has 0 radical (unpaired) electrons. The summed E-state index contributed by atoms with van der Waals surface area (Å²) in [5.74, 6) is 1.01. The normalized spacial score (nSPS) is 9.89.